The monoisotopic (exact) mass is 472 g/mol. The van der Waals surface area contributed by atoms with Gasteiger partial charge in [0.1, 0.15) is 5.75 Å². The zero-order valence-electron chi connectivity index (χ0n) is 19.1. The summed E-state index contributed by atoms with van der Waals surface area (Å²) in [5.41, 5.74) is 0.799. The molecule has 0 fully saturated rings. The molecule has 1 unspecified atom stereocenters. The van der Waals surface area contributed by atoms with Crippen LogP contribution in [0, 0.1) is 6.92 Å². The number of aromatic nitrogens is 4. The Morgan fingerprint density at radius 1 is 1.18 bits per heavy atom. The van der Waals surface area contributed by atoms with Crippen LogP contribution in [-0.4, -0.2) is 42.6 Å². The van der Waals surface area contributed by atoms with Crippen LogP contribution in [0.25, 0.3) is 11.2 Å². The Labute approximate surface area is 195 Å². The molecular formula is C22H28N6O4S. The molecule has 176 valence electrons. The summed E-state index contributed by atoms with van der Waals surface area (Å²) in [7, 11) is 3.60. The Kier molecular flexibility index (Phi) is 6.63. The predicted octanol–water partition coefficient (Wildman–Crippen LogP) is 2.14. The molecule has 11 heteroatoms. The lowest BCUT2D eigenvalue weighted by Gasteiger charge is -2.21. The van der Waals surface area contributed by atoms with Crippen LogP contribution in [0.3, 0.4) is 0 Å². The first-order valence-corrected chi connectivity index (χ1v) is 11.5. The molecule has 0 spiro atoms. The number of aryl methyl sites for hydroxylation is 2. The Bertz CT molecular complexity index is 1320. The van der Waals surface area contributed by atoms with Crippen LogP contribution in [0.1, 0.15) is 18.9 Å². The third kappa shape index (κ3) is 4.56. The molecule has 1 aromatic carbocycles. The number of imidazole rings is 1. The lowest BCUT2D eigenvalue weighted by Crippen LogP contribution is -2.40. The number of allylic oxidation sites excluding steroid dienone is 1. The van der Waals surface area contributed by atoms with Crippen LogP contribution < -0.4 is 21.9 Å². The minimum atomic E-state index is -0.443. The third-order valence-electron chi connectivity index (χ3n) is 5.54. The molecule has 1 aliphatic rings. The van der Waals surface area contributed by atoms with E-state index in [0.29, 0.717) is 24.2 Å². The van der Waals surface area contributed by atoms with Crippen molar-refractivity contribution in [1.82, 2.24) is 23.6 Å². The summed E-state index contributed by atoms with van der Waals surface area (Å²) in [5.74, 6) is 5.71. The minimum Gasteiger partial charge on any atom is -0.425 e. The second-order valence-corrected chi connectivity index (χ2v) is 9.52. The lowest BCUT2D eigenvalue weighted by molar-refractivity contribution is 0.131. The smallest absolute Gasteiger partial charge is 0.332 e. The molecule has 0 saturated carbocycles. The van der Waals surface area contributed by atoms with E-state index < -0.39 is 11.2 Å². The van der Waals surface area contributed by atoms with Gasteiger partial charge >= 0.3 is 11.7 Å². The van der Waals surface area contributed by atoms with Crippen molar-refractivity contribution < 1.29 is 9.57 Å². The van der Waals surface area contributed by atoms with E-state index in [1.54, 1.807) is 23.4 Å². The van der Waals surface area contributed by atoms with Gasteiger partial charge in [0.2, 0.25) is 0 Å². The van der Waals surface area contributed by atoms with E-state index in [2.05, 4.69) is 20.9 Å². The Morgan fingerprint density at radius 2 is 1.97 bits per heavy atom. The zero-order valence-corrected chi connectivity index (χ0v) is 20.0. The summed E-state index contributed by atoms with van der Waals surface area (Å²) in [4.78, 5) is 38.8. The van der Waals surface area contributed by atoms with Gasteiger partial charge in [-0.3, -0.25) is 18.5 Å². The molecule has 3 heterocycles. The van der Waals surface area contributed by atoms with Crippen molar-refractivity contribution in [3.8, 4) is 11.8 Å². The highest BCUT2D eigenvalue weighted by molar-refractivity contribution is 8.03. The standard InChI is InChI=1S/C22H28N6O4S/c1-14-7-5-8-16(11-14)32-21-24-19-18(28(21)13-17-25(3)12-15(2)33-17)20(29)27(9-6-10-31-23)22(30)26(19)4/h5,7-8,11-12,17H,6,9-10,13,23H2,1-4H3. The van der Waals surface area contributed by atoms with Crippen LogP contribution in [0.2, 0.25) is 0 Å². The maximum Gasteiger partial charge on any atom is 0.332 e. The number of hydrogen-bond acceptors (Lipinski definition) is 8. The fraction of sp³-hybridized carbons (Fsp3) is 0.409. The quantitative estimate of drug-likeness (QED) is 0.392. The maximum atomic E-state index is 13.5. The molecule has 0 radical (unpaired) electrons. The van der Waals surface area contributed by atoms with Gasteiger partial charge in [0.25, 0.3) is 5.56 Å². The summed E-state index contributed by atoms with van der Waals surface area (Å²) in [5, 5.41) is 0.0537. The summed E-state index contributed by atoms with van der Waals surface area (Å²) in [6.07, 6.45) is 2.50. The van der Waals surface area contributed by atoms with Crippen LogP contribution in [0.5, 0.6) is 11.8 Å². The van der Waals surface area contributed by atoms with E-state index in [-0.39, 0.29) is 30.2 Å². The molecule has 2 aromatic heterocycles. The zero-order chi connectivity index (χ0) is 23.7. The van der Waals surface area contributed by atoms with Gasteiger partial charge in [-0.2, -0.15) is 4.98 Å². The first-order valence-electron chi connectivity index (χ1n) is 10.6. The van der Waals surface area contributed by atoms with E-state index in [4.69, 9.17) is 10.6 Å². The number of rotatable bonds is 8. The number of likely N-dealkylation sites (N-methyl/N-ethyl adjacent to an activating group) is 1. The topological polar surface area (TPSA) is 110 Å². The van der Waals surface area contributed by atoms with Gasteiger partial charge < -0.3 is 14.5 Å². The normalized spacial score (nSPS) is 16.0. The summed E-state index contributed by atoms with van der Waals surface area (Å²) >= 11 is 1.71. The Morgan fingerprint density at radius 3 is 2.64 bits per heavy atom. The van der Waals surface area contributed by atoms with E-state index in [0.717, 1.165) is 5.56 Å². The molecule has 1 aliphatic heterocycles. The van der Waals surface area contributed by atoms with E-state index in [1.807, 2.05) is 45.2 Å². The van der Waals surface area contributed by atoms with Gasteiger partial charge in [-0.15, -0.1) is 11.8 Å². The molecule has 0 amide bonds. The summed E-state index contributed by atoms with van der Waals surface area (Å²) in [6, 6.07) is 7.87. The van der Waals surface area contributed by atoms with Crippen LogP contribution in [-0.2, 0) is 25.0 Å². The van der Waals surface area contributed by atoms with Crippen LogP contribution in [0.15, 0.2) is 45.0 Å². The Hall–Kier alpha value is -3.02. The van der Waals surface area contributed by atoms with Gasteiger partial charge in [0.15, 0.2) is 11.2 Å². The number of thioether (sulfide) groups is 1. The number of nitrogens with two attached hydrogens (primary N) is 1. The number of hydrogen-bond donors (Lipinski definition) is 1. The molecule has 0 saturated heterocycles. The molecule has 33 heavy (non-hydrogen) atoms. The fourth-order valence-electron chi connectivity index (χ4n) is 3.91. The molecule has 0 aliphatic carbocycles. The van der Waals surface area contributed by atoms with E-state index in [9.17, 15) is 9.59 Å². The molecule has 3 aromatic rings. The Balaban J connectivity index is 1.86. The van der Waals surface area contributed by atoms with E-state index in [1.165, 1.54) is 14.0 Å². The highest BCUT2D eigenvalue weighted by Gasteiger charge is 2.27. The van der Waals surface area contributed by atoms with Gasteiger partial charge in [0, 0.05) is 26.8 Å². The summed E-state index contributed by atoms with van der Waals surface area (Å²) in [6.45, 7) is 4.90. The molecule has 4 rings (SSSR count). The van der Waals surface area contributed by atoms with Gasteiger partial charge in [-0.1, -0.05) is 12.1 Å². The van der Waals surface area contributed by atoms with Crippen LogP contribution >= 0.6 is 11.8 Å². The number of fused-ring (bicyclic) bond motifs is 1. The first kappa shape index (κ1) is 23.1. The molecular weight excluding hydrogens is 444 g/mol. The number of benzene rings is 1. The number of ether oxygens (including phenoxy) is 1. The van der Waals surface area contributed by atoms with Crippen LogP contribution in [0.4, 0.5) is 0 Å². The van der Waals surface area contributed by atoms with Crippen molar-refractivity contribution in [1.29, 1.82) is 0 Å². The molecule has 0 bridgehead atoms. The number of nitrogens with zero attached hydrogens (tertiary/aromatic N) is 5. The molecule has 1 atom stereocenters. The molecule has 10 nitrogen and oxygen atoms in total. The fourth-order valence-corrected chi connectivity index (χ4v) is 5.01. The summed E-state index contributed by atoms with van der Waals surface area (Å²) < 4.78 is 10.5. The average Bonchev–Trinajstić information content (AvgIpc) is 3.28. The lowest BCUT2D eigenvalue weighted by atomic mass is 10.2. The van der Waals surface area contributed by atoms with Crippen molar-refractivity contribution in [2.24, 2.45) is 12.9 Å². The van der Waals surface area contributed by atoms with E-state index >= 15 is 0 Å². The molecule has 2 N–H and O–H groups in total. The predicted molar refractivity (Wildman–Crippen MR) is 128 cm³/mol. The third-order valence-corrected chi connectivity index (χ3v) is 6.77. The van der Waals surface area contributed by atoms with Crippen molar-refractivity contribution in [2.75, 3.05) is 13.7 Å². The van der Waals surface area contributed by atoms with Gasteiger partial charge in [-0.25, -0.2) is 10.7 Å². The largest absolute Gasteiger partial charge is 0.425 e. The first-order chi connectivity index (χ1) is 15.8. The van der Waals surface area contributed by atoms with Crippen molar-refractivity contribution in [3.63, 3.8) is 0 Å². The highest BCUT2D eigenvalue weighted by atomic mass is 32.2. The van der Waals surface area contributed by atoms with Crippen molar-refractivity contribution in [2.45, 2.75) is 38.7 Å². The van der Waals surface area contributed by atoms with Crippen molar-refractivity contribution >= 4 is 22.9 Å². The second kappa shape index (κ2) is 9.46. The van der Waals surface area contributed by atoms with Gasteiger partial charge in [-0.05, 0) is 42.9 Å². The minimum absolute atomic E-state index is 0.0537. The SMILES string of the molecule is CC1=CN(C)C(Cn2c(Oc3cccc(C)c3)nc3c2c(=O)n(CCCON)c(=O)n3C)S1. The van der Waals surface area contributed by atoms with Gasteiger partial charge in [0.05, 0.1) is 18.5 Å². The highest BCUT2D eigenvalue weighted by Crippen LogP contribution is 2.34. The average molecular weight is 473 g/mol. The second-order valence-electron chi connectivity index (χ2n) is 8.10. The van der Waals surface area contributed by atoms with Crippen molar-refractivity contribution in [3.05, 3.63) is 61.8 Å². The maximum absolute atomic E-state index is 13.5.